The zero-order chi connectivity index (χ0) is 13.3. The zero-order valence-electron chi connectivity index (χ0n) is 11.5. The van der Waals surface area contributed by atoms with Gasteiger partial charge in [0.15, 0.2) is 0 Å². The Hall–Kier alpha value is -0.350. The molecule has 1 N–H and O–H groups in total. The number of rotatable bonds is 4. The molecule has 1 fully saturated rings. The number of hydrogen-bond acceptors (Lipinski definition) is 2. The Bertz CT molecular complexity index is 430. The molecule has 1 aliphatic rings. The van der Waals surface area contributed by atoms with Crippen molar-refractivity contribution < 1.29 is 5.11 Å². The van der Waals surface area contributed by atoms with Gasteiger partial charge in [-0.15, -0.1) is 0 Å². The van der Waals surface area contributed by atoms with E-state index >= 15 is 0 Å². The van der Waals surface area contributed by atoms with Crippen LogP contribution in [0.4, 0.5) is 0 Å². The molecule has 1 aromatic rings. The standard InChI is InChI=1S/C14H23BrN2O/c1-4-11-13(15)12(17(5-2)16-11)9-14(3)7-6-10(18)8-14/h10,18H,4-9H2,1-3H3. The van der Waals surface area contributed by atoms with Crippen molar-refractivity contribution in [2.45, 2.75) is 65.5 Å². The Morgan fingerprint density at radius 2 is 2.22 bits per heavy atom. The quantitative estimate of drug-likeness (QED) is 0.925. The summed E-state index contributed by atoms with van der Waals surface area (Å²) in [6, 6.07) is 0. The predicted octanol–water partition coefficient (Wildman–Crippen LogP) is 3.32. The highest BCUT2D eigenvalue weighted by molar-refractivity contribution is 9.10. The molecule has 2 rings (SSSR count). The van der Waals surface area contributed by atoms with Gasteiger partial charge in [0.25, 0.3) is 0 Å². The summed E-state index contributed by atoms with van der Waals surface area (Å²) >= 11 is 3.70. The summed E-state index contributed by atoms with van der Waals surface area (Å²) in [5.74, 6) is 0. The number of aromatic nitrogens is 2. The normalized spacial score (nSPS) is 27.9. The third-order valence-corrected chi connectivity index (χ3v) is 5.01. The molecule has 0 spiro atoms. The van der Waals surface area contributed by atoms with Crippen LogP contribution in [0, 0.1) is 5.41 Å². The molecule has 102 valence electrons. The van der Waals surface area contributed by atoms with Gasteiger partial charge in [0, 0.05) is 6.54 Å². The van der Waals surface area contributed by atoms with E-state index in [2.05, 4.69) is 46.5 Å². The van der Waals surface area contributed by atoms with Crippen LogP contribution in [0.25, 0.3) is 0 Å². The number of nitrogens with zero attached hydrogens (tertiary/aromatic N) is 2. The molecule has 2 atom stereocenters. The van der Waals surface area contributed by atoms with Crippen molar-refractivity contribution in [3.63, 3.8) is 0 Å². The average Bonchev–Trinajstić information content (AvgIpc) is 2.82. The molecule has 1 aliphatic carbocycles. The first-order chi connectivity index (χ1) is 8.49. The first kappa shape index (κ1) is 14.1. The van der Waals surface area contributed by atoms with Crippen LogP contribution in [0.1, 0.15) is 51.4 Å². The maximum Gasteiger partial charge on any atom is 0.0766 e. The topological polar surface area (TPSA) is 38.0 Å². The summed E-state index contributed by atoms with van der Waals surface area (Å²) < 4.78 is 3.29. The average molecular weight is 315 g/mol. The molecule has 1 aromatic heterocycles. The van der Waals surface area contributed by atoms with Gasteiger partial charge in [-0.3, -0.25) is 4.68 Å². The van der Waals surface area contributed by atoms with E-state index in [1.165, 1.54) is 10.2 Å². The van der Waals surface area contributed by atoms with E-state index in [0.29, 0.717) is 0 Å². The molecule has 18 heavy (non-hydrogen) atoms. The molecule has 0 bridgehead atoms. The van der Waals surface area contributed by atoms with E-state index in [0.717, 1.165) is 44.3 Å². The Morgan fingerprint density at radius 3 is 2.72 bits per heavy atom. The van der Waals surface area contributed by atoms with E-state index in [4.69, 9.17) is 0 Å². The molecule has 1 heterocycles. The lowest BCUT2D eigenvalue weighted by Gasteiger charge is -2.24. The van der Waals surface area contributed by atoms with E-state index in [1.807, 2.05) is 0 Å². The van der Waals surface area contributed by atoms with E-state index < -0.39 is 0 Å². The summed E-state index contributed by atoms with van der Waals surface area (Å²) in [7, 11) is 0. The first-order valence-electron chi connectivity index (χ1n) is 6.91. The molecular weight excluding hydrogens is 292 g/mol. The van der Waals surface area contributed by atoms with Crippen molar-refractivity contribution in [2.75, 3.05) is 0 Å². The molecule has 3 nitrogen and oxygen atoms in total. The number of hydrogen-bond donors (Lipinski definition) is 1. The second-order valence-corrected chi connectivity index (χ2v) is 6.55. The van der Waals surface area contributed by atoms with Gasteiger partial charge in [0.05, 0.1) is 22.0 Å². The van der Waals surface area contributed by atoms with E-state index in [-0.39, 0.29) is 11.5 Å². The van der Waals surface area contributed by atoms with Gasteiger partial charge < -0.3 is 5.11 Å². The fourth-order valence-electron chi connectivity index (χ4n) is 3.04. The van der Waals surface area contributed by atoms with Crippen LogP contribution < -0.4 is 0 Å². The van der Waals surface area contributed by atoms with Crippen LogP contribution in [0.5, 0.6) is 0 Å². The maximum absolute atomic E-state index is 9.76. The van der Waals surface area contributed by atoms with Crippen molar-refractivity contribution in [1.29, 1.82) is 0 Å². The monoisotopic (exact) mass is 314 g/mol. The fourth-order valence-corrected chi connectivity index (χ4v) is 3.74. The van der Waals surface area contributed by atoms with Gasteiger partial charge >= 0.3 is 0 Å². The molecule has 2 unspecified atom stereocenters. The lowest BCUT2D eigenvalue weighted by molar-refractivity contribution is 0.163. The predicted molar refractivity (Wildman–Crippen MR) is 76.6 cm³/mol. The van der Waals surface area contributed by atoms with E-state index in [1.54, 1.807) is 0 Å². The Kier molecular flexibility index (Phi) is 4.17. The summed E-state index contributed by atoms with van der Waals surface area (Å²) in [5, 5.41) is 14.4. The molecule has 0 saturated heterocycles. The molecule has 1 saturated carbocycles. The highest BCUT2D eigenvalue weighted by Crippen LogP contribution is 2.42. The van der Waals surface area contributed by atoms with Crippen molar-refractivity contribution in [3.8, 4) is 0 Å². The minimum absolute atomic E-state index is 0.114. The second-order valence-electron chi connectivity index (χ2n) is 5.76. The molecule has 0 radical (unpaired) electrons. The number of aliphatic hydroxyl groups is 1. The zero-order valence-corrected chi connectivity index (χ0v) is 13.1. The van der Waals surface area contributed by atoms with Gasteiger partial charge in [-0.05, 0) is 60.4 Å². The first-order valence-corrected chi connectivity index (χ1v) is 7.70. The maximum atomic E-state index is 9.76. The van der Waals surface area contributed by atoms with Crippen LogP contribution in [-0.4, -0.2) is 21.0 Å². The third kappa shape index (κ3) is 2.64. The summed E-state index contributed by atoms with van der Waals surface area (Å²) in [6.07, 6.45) is 4.81. The van der Waals surface area contributed by atoms with Gasteiger partial charge in [0.2, 0.25) is 0 Å². The van der Waals surface area contributed by atoms with Crippen molar-refractivity contribution >= 4 is 15.9 Å². The van der Waals surface area contributed by atoms with E-state index in [9.17, 15) is 5.11 Å². The molecule has 4 heteroatoms. The van der Waals surface area contributed by atoms with Crippen LogP contribution >= 0.6 is 15.9 Å². The lowest BCUT2D eigenvalue weighted by atomic mass is 9.83. The molecule has 0 amide bonds. The van der Waals surface area contributed by atoms with Gasteiger partial charge in [-0.25, -0.2) is 0 Å². The van der Waals surface area contributed by atoms with Gasteiger partial charge in [-0.2, -0.15) is 5.10 Å². The fraction of sp³-hybridized carbons (Fsp3) is 0.786. The highest BCUT2D eigenvalue weighted by Gasteiger charge is 2.36. The van der Waals surface area contributed by atoms with Gasteiger partial charge in [0.1, 0.15) is 0 Å². The number of aliphatic hydroxyl groups excluding tert-OH is 1. The van der Waals surface area contributed by atoms with Crippen molar-refractivity contribution in [3.05, 3.63) is 15.9 Å². The highest BCUT2D eigenvalue weighted by atomic mass is 79.9. The summed E-state index contributed by atoms with van der Waals surface area (Å²) in [4.78, 5) is 0. The summed E-state index contributed by atoms with van der Waals surface area (Å²) in [5.41, 5.74) is 2.67. The SMILES string of the molecule is CCc1nn(CC)c(CC2(C)CCC(O)C2)c1Br. The largest absolute Gasteiger partial charge is 0.393 e. The Labute approximate surface area is 118 Å². The van der Waals surface area contributed by atoms with Crippen LogP contribution in [-0.2, 0) is 19.4 Å². The molecule has 0 aromatic carbocycles. The molecule has 0 aliphatic heterocycles. The third-order valence-electron chi connectivity index (χ3n) is 4.10. The molecular formula is C14H23BrN2O. The minimum atomic E-state index is -0.114. The minimum Gasteiger partial charge on any atom is -0.393 e. The van der Waals surface area contributed by atoms with Crippen LogP contribution in [0.3, 0.4) is 0 Å². The number of halogens is 1. The van der Waals surface area contributed by atoms with Crippen LogP contribution in [0.2, 0.25) is 0 Å². The number of aryl methyl sites for hydroxylation is 2. The van der Waals surface area contributed by atoms with Crippen LogP contribution in [0.15, 0.2) is 4.47 Å². The second kappa shape index (κ2) is 5.33. The van der Waals surface area contributed by atoms with Gasteiger partial charge in [-0.1, -0.05) is 13.8 Å². The van der Waals surface area contributed by atoms with Crippen molar-refractivity contribution in [2.24, 2.45) is 5.41 Å². The Balaban J connectivity index is 2.25. The van der Waals surface area contributed by atoms with Crippen molar-refractivity contribution in [1.82, 2.24) is 9.78 Å². The Morgan fingerprint density at radius 1 is 1.50 bits per heavy atom. The smallest absolute Gasteiger partial charge is 0.0766 e. The lowest BCUT2D eigenvalue weighted by Crippen LogP contribution is -2.19. The summed E-state index contributed by atoms with van der Waals surface area (Å²) in [6.45, 7) is 7.47.